The van der Waals surface area contributed by atoms with Crippen molar-refractivity contribution in [3.8, 4) is 0 Å². The summed E-state index contributed by atoms with van der Waals surface area (Å²) in [4.78, 5) is 23.3. The minimum absolute atomic E-state index is 0.110. The van der Waals surface area contributed by atoms with E-state index in [1.807, 2.05) is 6.08 Å². The van der Waals surface area contributed by atoms with Gasteiger partial charge in [0, 0.05) is 6.42 Å². The Morgan fingerprint density at radius 2 is 1.08 bits per heavy atom. The molecule has 0 aromatic carbocycles. The van der Waals surface area contributed by atoms with Gasteiger partial charge < -0.3 is 9.84 Å². The number of hydrogen-bond acceptors (Lipinski definition) is 3. The minimum atomic E-state index is -0.914. The Balaban J connectivity index is 3.90. The summed E-state index contributed by atoms with van der Waals surface area (Å²) < 4.78 is 5.46. The highest BCUT2D eigenvalue weighted by atomic mass is 16.5. The van der Waals surface area contributed by atoms with E-state index >= 15 is 0 Å². The van der Waals surface area contributed by atoms with E-state index in [4.69, 9.17) is 9.84 Å². The van der Waals surface area contributed by atoms with Crippen molar-refractivity contribution in [2.45, 2.75) is 129 Å². The number of esters is 1. The first kappa shape index (κ1) is 35.4. The molecule has 1 atom stereocenters. The maximum atomic E-state index is 12.1. The summed E-state index contributed by atoms with van der Waals surface area (Å²) in [6.45, 7) is 4.35. The van der Waals surface area contributed by atoms with Gasteiger partial charge in [0.05, 0.1) is 6.42 Å². The predicted molar refractivity (Wildman–Crippen MR) is 162 cm³/mol. The Hall–Kier alpha value is -2.62. The molecule has 0 saturated carbocycles. The topological polar surface area (TPSA) is 63.6 Å². The van der Waals surface area contributed by atoms with Gasteiger partial charge in [-0.05, 0) is 57.8 Å². The third-order valence-electron chi connectivity index (χ3n) is 5.94. The van der Waals surface area contributed by atoms with E-state index in [0.717, 1.165) is 57.8 Å². The van der Waals surface area contributed by atoms with Gasteiger partial charge in [0.25, 0.3) is 0 Å². The number of hydrogen-bond donors (Lipinski definition) is 1. The number of carbonyl (C=O) groups is 2. The van der Waals surface area contributed by atoms with Crippen LogP contribution in [0.5, 0.6) is 0 Å². The molecule has 214 valence electrons. The van der Waals surface area contributed by atoms with E-state index in [2.05, 4.69) is 80.7 Å². The summed E-state index contributed by atoms with van der Waals surface area (Å²) in [5.74, 6) is -1.22. The molecular formula is C34H54O4. The molecule has 4 nitrogen and oxygen atoms in total. The Morgan fingerprint density at radius 1 is 0.632 bits per heavy atom. The Kier molecular flexibility index (Phi) is 26.9. The summed E-state index contributed by atoms with van der Waals surface area (Å²) in [5, 5.41) is 9.12. The van der Waals surface area contributed by atoms with Crippen molar-refractivity contribution >= 4 is 11.9 Å². The summed E-state index contributed by atoms with van der Waals surface area (Å²) in [6.07, 6.45) is 40.7. The maximum absolute atomic E-state index is 12.1. The number of allylic oxidation sites excluding steroid dienone is 12. The number of ether oxygens (including phenoxy) is 1. The van der Waals surface area contributed by atoms with Crippen LogP contribution in [0.4, 0.5) is 0 Å². The zero-order valence-electron chi connectivity index (χ0n) is 24.2. The number of carboxylic acids is 1. The zero-order valence-corrected chi connectivity index (χ0v) is 24.2. The van der Waals surface area contributed by atoms with Crippen LogP contribution in [0.15, 0.2) is 72.9 Å². The van der Waals surface area contributed by atoms with Gasteiger partial charge in [-0.15, -0.1) is 0 Å². The van der Waals surface area contributed by atoms with Crippen LogP contribution in [-0.2, 0) is 14.3 Å². The van der Waals surface area contributed by atoms with Crippen LogP contribution in [-0.4, -0.2) is 23.1 Å². The quantitative estimate of drug-likeness (QED) is 0.0730. The second-order valence-corrected chi connectivity index (χ2v) is 9.57. The molecule has 0 rings (SSSR count). The summed E-state index contributed by atoms with van der Waals surface area (Å²) in [6, 6.07) is 0. The van der Waals surface area contributed by atoms with Crippen molar-refractivity contribution in [1.29, 1.82) is 0 Å². The van der Waals surface area contributed by atoms with Gasteiger partial charge in [-0.1, -0.05) is 125 Å². The average Bonchev–Trinajstić information content (AvgIpc) is 2.89. The van der Waals surface area contributed by atoms with Crippen LogP contribution in [0.2, 0.25) is 0 Å². The molecule has 0 saturated heterocycles. The maximum Gasteiger partial charge on any atom is 0.307 e. The van der Waals surface area contributed by atoms with Gasteiger partial charge in [0.1, 0.15) is 6.10 Å². The second-order valence-electron chi connectivity index (χ2n) is 9.57. The molecule has 0 aliphatic heterocycles. The fraction of sp³-hybridized carbons (Fsp3) is 0.588. The molecule has 38 heavy (non-hydrogen) atoms. The van der Waals surface area contributed by atoms with Crippen molar-refractivity contribution in [3.05, 3.63) is 72.9 Å². The molecular weight excluding hydrogens is 472 g/mol. The number of rotatable bonds is 25. The molecule has 4 heteroatoms. The second kappa shape index (κ2) is 28.9. The molecule has 0 fully saturated rings. The number of carboxylic acid groups (broad SMARTS) is 1. The molecule has 0 radical (unpaired) electrons. The Morgan fingerprint density at radius 3 is 1.55 bits per heavy atom. The smallest absolute Gasteiger partial charge is 0.307 e. The lowest BCUT2D eigenvalue weighted by Gasteiger charge is -2.16. The molecule has 0 heterocycles. The summed E-state index contributed by atoms with van der Waals surface area (Å²) in [5.41, 5.74) is 0. The van der Waals surface area contributed by atoms with E-state index in [1.165, 1.54) is 25.7 Å². The van der Waals surface area contributed by atoms with E-state index in [0.29, 0.717) is 12.8 Å². The summed E-state index contributed by atoms with van der Waals surface area (Å²) in [7, 11) is 0. The van der Waals surface area contributed by atoms with E-state index in [-0.39, 0.29) is 18.8 Å². The summed E-state index contributed by atoms with van der Waals surface area (Å²) >= 11 is 0. The minimum Gasteiger partial charge on any atom is -0.481 e. The molecule has 0 aliphatic carbocycles. The van der Waals surface area contributed by atoms with Gasteiger partial charge in [-0.2, -0.15) is 0 Å². The van der Waals surface area contributed by atoms with Gasteiger partial charge in [0.15, 0.2) is 0 Å². The number of unbranched alkanes of at least 4 members (excludes halogenated alkanes) is 6. The molecule has 0 aliphatic rings. The van der Waals surface area contributed by atoms with Gasteiger partial charge in [-0.3, -0.25) is 9.59 Å². The SMILES string of the molecule is CC/C=C\C/C=C\C/C=C\C/C=C\C/C=C\C/C=C\CCC(=O)OC(CCCCCCCCC)CC(=O)O. The van der Waals surface area contributed by atoms with Gasteiger partial charge >= 0.3 is 11.9 Å². The molecule has 0 bridgehead atoms. The van der Waals surface area contributed by atoms with Crippen molar-refractivity contribution in [1.82, 2.24) is 0 Å². The van der Waals surface area contributed by atoms with E-state index in [1.54, 1.807) is 0 Å². The van der Waals surface area contributed by atoms with Gasteiger partial charge in [0.2, 0.25) is 0 Å². The fourth-order valence-electron chi connectivity index (χ4n) is 3.81. The first-order valence-electron chi connectivity index (χ1n) is 14.9. The van der Waals surface area contributed by atoms with Gasteiger partial charge in [-0.25, -0.2) is 0 Å². The van der Waals surface area contributed by atoms with Crippen LogP contribution >= 0.6 is 0 Å². The monoisotopic (exact) mass is 526 g/mol. The van der Waals surface area contributed by atoms with Crippen LogP contribution in [0, 0.1) is 0 Å². The molecule has 0 amide bonds. The van der Waals surface area contributed by atoms with Crippen LogP contribution in [0.1, 0.15) is 123 Å². The van der Waals surface area contributed by atoms with E-state index < -0.39 is 12.1 Å². The Labute approximate surface area is 233 Å². The normalized spacial score (nSPS) is 13.3. The highest BCUT2D eigenvalue weighted by Gasteiger charge is 2.17. The van der Waals surface area contributed by atoms with Crippen LogP contribution in [0.3, 0.4) is 0 Å². The standard InChI is InChI=1S/C34H54O4/c1-3-5-7-9-11-12-13-14-15-16-17-18-19-20-21-22-24-26-28-30-34(37)38-32(31-33(35)36)29-27-25-23-10-8-6-4-2/h5,7,11-12,14-15,17-18,20-21,24,26,32H,3-4,6,8-10,13,16,19,22-23,25,27-31H2,1-2H3,(H,35,36)/b7-5-,12-11-,15-14-,18-17-,21-20-,26-24-. The zero-order chi connectivity index (χ0) is 27.9. The van der Waals surface area contributed by atoms with Crippen LogP contribution < -0.4 is 0 Å². The van der Waals surface area contributed by atoms with Crippen molar-refractivity contribution in [2.75, 3.05) is 0 Å². The average molecular weight is 527 g/mol. The lowest BCUT2D eigenvalue weighted by atomic mass is 10.0. The highest BCUT2D eigenvalue weighted by Crippen LogP contribution is 2.14. The number of aliphatic carboxylic acids is 1. The molecule has 0 aromatic rings. The fourth-order valence-corrected chi connectivity index (χ4v) is 3.81. The lowest BCUT2D eigenvalue weighted by molar-refractivity contribution is -0.153. The van der Waals surface area contributed by atoms with Crippen LogP contribution in [0.25, 0.3) is 0 Å². The van der Waals surface area contributed by atoms with E-state index in [9.17, 15) is 9.59 Å². The van der Waals surface area contributed by atoms with Crippen molar-refractivity contribution in [2.24, 2.45) is 0 Å². The lowest BCUT2D eigenvalue weighted by Crippen LogP contribution is -2.21. The predicted octanol–water partition coefficient (Wildman–Crippen LogP) is 9.99. The Bertz CT molecular complexity index is 740. The highest BCUT2D eigenvalue weighted by molar-refractivity contribution is 5.71. The molecule has 1 N–H and O–H groups in total. The molecule has 0 aromatic heterocycles. The molecule has 0 spiro atoms. The third-order valence-corrected chi connectivity index (χ3v) is 5.94. The van der Waals surface area contributed by atoms with Crippen molar-refractivity contribution < 1.29 is 19.4 Å². The molecule has 1 unspecified atom stereocenters. The van der Waals surface area contributed by atoms with Crippen molar-refractivity contribution in [3.63, 3.8) is 0 Å². The number of carbonyl (C=O) groups excluding carboxylic acids is 1. The third kappa shape index (κ3) is 28.0. The first-order chi connectivity index (χ1) is 18.6. The largest absolute Gasteiger partial charge is 0.481 e. The first-order valence-corrected chi connectivity index (χ1v) is 14.9.